The molecule has 5 heteroatoms. The van der Waals surface area contributed by atoms with Crippen molar-refractivity contribution in [2.24, 2.45) is 5.92 Å². The summed E-state index contributed by atoms with van der Waals surface area (Å²) in [6, 6.07) is 4.32. The molecule has 1 unspecified atom stereocenters. The van der Waals surface area contributed by atoms with Crippen molar-refractivity contribution in [3.63, 3.8) is 0 Å². The van der Waals surface area contributed by atoms with E-state index in [1.807, 2.05) is 12.1 Å². The SMILES string of the molecule is COCCN(c1ccc(Cl)c(CCl)n1)C(C)C1CC1. The first-order valence-corrected chi connectivity index (χ1v) is 7.55. The van der Waals surface area contributed by atoms with Crippen LogP contribution in [0.1, 0.15) is 25.5 Å². The van der Waals surface area contributed by atoms with Crippen molar-refractivity contribution in [2.75, 3.05) is 25.2 Å². The average Bonchev–Trinajstić information content (AvgIpc) is 3.24. The van der Waals surface area contributed by atoms with E-state index >= 15 is 0 Å². The second kappa shape index (κ2) is 6.78. The summed E-state index contributed by atoms with van der Waals surface area (Å²) in [7, 11) is 1.72. The number of alkyl halides is 1. The summed E-state index contributed by atoms with van der Waals surface area (Å²) in [4.78, 5) is 6.88. The Balaban J connectivity index is 2.20. The van der Waals surface area contributed by atoms with Crippen LogP contribution in [0.4, 0.5) is 5.82 Å². The molecule has 106 valence electrons. The molecule has 1 heterocycles. The summed E-state index contributed by atoms with van der Waals surface area (Å²) >= 11 is 11.9. The molecule has 1 aliphatic rings. The molecule has 0 spiro atoms. The fraction of sp³-hybridized carbons (Fsp3) is 0.643. The Morgan fingerprint density at radius 1 is 1.47 bits per heavy atom. The number of anilines is 1. The van der Waals surface area contributed by atoms with Crippen LogP contribution in [0.2, 0.25) is 5.02 Å². The van der Waals surface area contributed by atoms with Crippen LogP contribution in [-0.4, -0.2) is 31.3 Å². The lowest BCUT2D eigenvalue weighted by Crippen LogP contribution is -2.38. The van der Waals surface area contributed by atoms with Crippen molar-refractivity contribution in [3.05, 3.63) is 22.8 Å². The van der Waals surface area contributed by atoms with E-state index in [4.69, 9.17) is 27.9 Å². The van der Waals surface area contributed by atoms with E-state index in [9.17, 15) is 0 Å². The van der Waals surface area contributed by atoms with Crippen molar-refractivity contribution >= 4 is 29.0 Å². The third-order valence-corrected chi connectivity index (χ3v) is 4.25. The van der Waals surface area contributed by atoms with E-state index in [1.165, 1.54) is 12.8 Å². The molecule has 1 aromatic heterocycles. The highest BCUT2D eigenvalue weighted by molar-refractivity contribution is 6.32. The lowest BCUT2D eigenvalue weighted by Gasteiger charge is -2.30. The summed E-state index contributed by atoms with van der Waals surface area (Å²) in [5.41, 5.74) is 0.742. The lowest BCUT2D eigenvalue weighted by atomic mass is 10.2. The number of nitrogens with zero attached hydrogens (tertiary/aromatic N) is 2. The van der Waals surface area contributed by atoms with Crippen LogP contribution < -0.4 is 4.90 Å². The molecule has 2 rings (SSSR count). The molecule has 1 aliphatic carbocycles. The topological polar surface area (TPSA) is 25.4 Å². The van der Waals surface area contributed by atoms with Crippen molar-refractivity contribution in [2.45, 2.75) is 31.7 Å². The molecule has 0 aliphatic heterocycles. The van der Waals surface area contributed by atoms with Gasteiger partial charge in [0.25, 0.3) is 0 Å². The maximum atomic E-state index is 6.07. The highest BCUT2D eigenvalue weighted by Crippen LogP contribution is 2.36. The van der Waals surface area contributed by atoms with E-state index < -0.39 is 0 Å². The van der Waals surface area contributed by atoms with Crippen molar-refractivity contribution in [1.29, 1.82) is 0 Å². The minimum Gasteiger partial charge on any atom is -0.383 e. The van der Waals surface area contributed by atoms with Gasteiger partial charge in [-0.25, -0.2) is 4.98 Å². The second-order valence-corrected chi connectivity index (χ2v) is 5.67. The zero-order valence-electron chi connectivity index (χ0n) is 11.4. The monoisotopic (exact) mass is 302 g/mol. The predicted octanol–water partition coefficient (Wildman–Crippen LogP) is 3.73. The first kappa shape index (κ1) is 14.9. The second-order valence-electron chi connectivity index (χ2n) is 5.00. The molecule has 0 bridgehead atoms. The van der Waals surface area contributed by atoms with E-state index in [0.29, 0.717) is 23.6 Å². The Kier molecular flexibility index (Phi) is 5.31. The van der Waals surface area contributed by atoms with Gasteiger partial charge in [-0.15, -0.1) is 11.6 Å². The Labute approximate surface area is 124 Å². The normalized spacial score (nSPS) is 16.4. The number of hydrogen-bond donors (Lipinski definition) is 0. The molecule has 0 aromatic carbocycles. The fourth-order valence-electron chi connectivity index (χ4n) is 2.28. The average molecular weight is 303 g/mol. The van der Waals surface area contributed by atoms with E-state index in [2.05, 4.69) is 16.8 Å². The van der Waals surface area contributed by atoms with Crippen LogP contribution in [0.5, 0.6) is 0 Å². The van der Waals surface area contributed by atoms with Crippen LogP contribution in [0.3, 0.4) is 0 Å². The molecular formula is C14H20Cl2N2O. The number of ether oxygens (including phenoxy) is 1. The van der Waals surface area contributed by atoms with Gasteiger partial charge in [-0.2, -0.15) is 0 Å². The maximum Gasteiger partial charge on any atom is 0.129 e. The lowest BCUT2D eigenvalue weighted by molar-refractivity contribution is 0.202. The van der Waals surface area contributed by atoms with Crippen LogP contribution in [0.25, 0.3) is 0 Å². The van der Waals surface area contributed by atoms with E-state index in [1.54, 1.807) is 7.11 Å². The van der Waals surface area contributed by atoms with Crippen molar-refractivity contribution < 1.29 is 4.74 Å². The maximum absolute atomic E-state index is 6.07. The number of aromatic nitrogens is 1. The third kappa shape index (κ3) is 3.74. The smallest absolute Gasteiger partial charge is 0.129 e. The summed E-state index contributed by atoms with van der Waals surface area (Å²) in [6.07, 6.45) is 2.61. The van der Waals surface area contributed by atoms with Gasteiger partial charge < -0.3 is 9.64 Å². The summed E-state index contributed by atoms with van der Waals surface area (Å²) in [5.74, 6) is 2.05. The van der Waals surface area contributed by atoms with E-state index in [0.717, 1.165) is 24.0 Å². The van der Waals surface area contributed by atoms with E-state index in [-0.39, 0.29) is 0 Å². The van der Waals surface area contributed by atoms with Gasteiger partial charge in [0.2, 0.25) is 0 Å². The Bertz CT molecular complexity index is 424. The number of methoxy groups -OCH3 is 1. The molecule has 1 saturated carbocycles. The largest absolute Gasteiger partial charge is 0.383 e. The number of halogens is 2. The number of rotatable bonds is 7. The standard InChI is InChI=1S/C14H20Cl2N2O/c1-10(11-3-4-11)18(7-8-19-2)14-6-5-12(16)13(9-15)17-14/h5-6,10-11H,3-4,7-9H2,1-2H3. The Hall–Kier alpha value is -0.510. The fourth-order valence-corrected chi connectivity index (χ4v) is 2.72. The highest BCUT2D eigenvalue weighted by Gasteiger charge is 2.32. The predicted molar refractivity (Wildman–Crippen MR) is 80.2 cm³/mol. The van der Waals surface area contributed by atoms with Crippen molar-refractivity contribution in [3.8, 4) is 0 Å². The highest BCUT2D eigenvalue weighted by atomic mass is 35.5. The van der Waals surface area contributed by atoms with Crippen molar-refractivity contribution in [1.82, 2.24) is 4.98 Å². The Morgan fingerprint density at radius 3 is 2.79 bits per heavy atom. The van der Waals surface area contributed by atoms with Gasteiger partial charge >= 0.3 is 0 Å². The Morgan fingerprint density at radius 2 is 2.21 bits per heavy atom. The molecule has 1 fully saturated rings. The van der Waals surface area contributed by atoms with Crippen LogP contribution in [-0.2, 0) is 10.6 Å². The molecular weight excluding hydrogens is 283 g/mol. The molecule has 1 aromatic rings. The van der Waals surface area contributed by atoms with Gasteiger partial charge in [0.15, 0.2) is 0 Å². The number of hydrogen-bond acceptors (Lipinski definition) is 3. The first-order chi connectivity index (χ1) is 9.17. The zero-order chi connectivity index (χ0) is 13.8. The minimum atomic E-state index is 0.336. The first-order valence-electron chi connectivity index (χ1n) is 6.64. The molecule has 19 heavy (non-hydrogen) atoms. The summed E-state index contributed by atoms with van der Waals surface area (Å²) < 4.78 is 5.20. The molecule has 0 saturated heterocycles. The van der Waals surface area contributed by atoms with Gasteiger partial charge in [-0.3, -0.25) is 0 Å². The minimum absolute atomic E-state index is 0.336. The van der Waals surface area contributed by atoms with Crippen LogP contribution >= 0.6 is 23.2 Å². The molecule has 0 amide bonds. The summed E-state index contributed by atoms with van der Waals surface area (Å²) in [6.45, 7) is 3.78. The quantitative estimate of drug-likeness (QED) is 0.718. The molecule has 0 N–H and O–H groups in total. The van der Waals surface area contributed by atoms with Gasteiger partial charge in [0.05, 0.1) is 23.2 Å². The van der Waals surface area contributed by atoms with Gasteiger partial charge in [0.1, 0.15) is 5.82 Å². The van der Waals surface area contributed by atoms with Gasteiger partial charge in [0, 0.05) is 19.7 Å². The van der Waals surface area contributed by atoms with Gasteiger partial charge in [-0.05, 0) is 37.8 Å². The molecule has 0 radical (unpaired) electrons. The number of pyridine rings is 1. The van der Waals surface area contributed by atoms with Gasteiger partial charge in [-0.1, -0.05) is 11.6 Å². The summed E-state index contributed by atoms with van der Waals surface area (Å²) in [5, 5.41) is 0.629. The molecule has 1 atom stereocenters. The van der Waals surface area contributed by atoms with Crippen LogP contribution in [0, 0.1) is 5.92 Å². The van der Waals surface area contributed by atoms with Crippen LogP contribution in [0.15, 0.2) is 12.1 Å². The third-order valence-electron chi connectivity index (χ3n) is 3.66. The molecule has 3 nitrogen and oxygen atoms in total. The zero-order valence-corrected chi connectivity index (χ0v) is 12.9.